The van der Waals surface area contributed by atoms with Crippen LogP contribution in [-0.2, 0) is 5.60 Å². The average molecular weight is 269 g/mol. The van der Waals surface area contributed by atoms with Crippen LogP contribution in [-0.4, -0.2) is 30.6 Å². The van der Waals surface area contributed by atoms with Crippen molar-refractivity contribution < 1.29 is 5.11 Å². The molecule has 0 aliphatic heterocycles. The molecule has 0 spiro atoms. The minimum absolute atomic E-state index is 0.0855. The zero-order valence-electron chi connectivity index (χ0n) is 12.5. The van der Waals surface area contributed by atoms with Gasteiger partial charge in [-0.15, -0.1) is 0 Å². The van der Waals surface area contributed by atoms with Crippen molar-refractivity contribution in [1.29, 1.82) is 0 Å². The van der Waals surface area contributed by atoms with Crippen LogP contribution in [0.1, 0.15) is 18.1 Å². The summed E-state index contributed by atoms with van der Waals surface area (Å²) in [4.78, 5) is 2.11. The number of hydrogen-bond acceptors (Lipinski definition) is 2. The van der Waals surface area contributed by atoms with E-state index in [0.29, 0.717) is 0 Å². The van der Waals surface area contributed by atoms with E-state index in [1.165, 1.54) is 0 Å². The van der Waals surface area contributed by atoms with Gasteiger partial charge in [0, 0.05) is 12.5 Å². The first-order chi connectivity index (χ1) is 9.55. The van der Waals surface area contributed by atoms with E-state index in [4.69, 9.17) is 0 Å². The Morgan fingerprint density at radius 1 is 0.900 bits per heavy atom. The van der Waals surface area contributed by atoms with Crippen molar-refractivity contribution in [3.8, 4) is 0 Å². The van der Waals surface area contributed by atoms with Crippen molar-refractivity contribution in [2.45, 2.75) is 12.5 Å². The third-order valence-corrected chi connectivity index (χ3v) is 3.78. The molecule has 0 fully saturated rings. The summed E-state index contributed by atoms with van der Waals surface area (Å²) in [5.74, 6) is 0.0855. The Bertz CT molecular complexity index is 482. The Morgan fingerprint density at radius 3 is 1.65 bits per heavy atom. The molecule has 1 unspecified atom stereocenters. The molecule has 2 aromatic carbocycles. The molecule has 0 heterocycles. The maximum Gasteiger partial charge on any atom is 0.118 e. The van der Waals surface area contributed by atoms with E-state index in [2.05, 4.69) is 11.8 Å². The summed E-state index contributed by atoms with van der Waals surface area (Å²) < 4.78 is 0. The zero-order chi connectivity index (χ0) is 14.6. The van der Waals surface area contributed by atoms with Crippen molar-refractivity contribution in [2.24, 2.45) is 5.92 Å². The predicted octanol–water partition coefficient (Wildman–Crippen LogP) is 3.12. The van der Waals surface area contributed by atoms with Gasteiger partial charge in [-0.2, -0.15) is 0 Å². The van der Waals surface area contributed by atoms with E-state index in [1.807, 2.05) is 74.8 Å². The minimum atomic E-state index is -0.965. The molecule has 2 rings (SSSR count). The van der Waals surface area contributed by atoms with Gasteiger partial charge in [0.2, 0.25) is 0 Å². The van der Waals surface area contributed by atoms with Gasteiger partial charge in [-0.25, -0.2) is 0 Å². The molecule has 0 aromatic heterocycles. The summed E-state index contributed by atoms with van der Waals surface area (Å²) in [7, 11) is 4.07. The second-order valence-corrected chi connectivity index (χ2v) is 5.66. The van der Waals surface area contributed by atoms with Crippen molar-refractivity contribution in [3.63, 3.8) is 0 Å². The van der Waals surface area contributed by atoms with Gasteiger partial charge in [-0.05, 0) is 25.2 Å². The normalized spacial score (nSPS) is 13.4. The monoisotopic (exact) mass is 269 g/mol. The molecule has 106 valence electrons. The first-order valence-electron chi connectivity index (χ1n) is 7.03. The van der Waals surface area contributed by atoms with Crippen LogP contribution in [0.4, 0.5) is 0 Å². The number of aliphatic hydroxyl groups is 1. The van der Waals surface area contributed by atoms with E-state index in [1.54, 1.807) is 0 Å². The average Bonchev–Trinajstić information content (AvgIpc) is 2.47. The van der Waals surface area contributed by atoms with Gasteiger partial charge in [0.1, 0.15) is 5.60 Å². The van der Waals surface area contributed by atoms with Crippen molar-refractivity contribution >= 4 is 0 Å². The van der Waals surface area contributed by atoms with Gasteiger partial charge in [0.15, 0.2) is 0 Å². The summed E-state index contributed by atoms with van der Waals surface area (Å²) in [6.07, 6.45) is 0. The number of benzene rings is 2. The van der Waals surface area contributed by atoms with Gasteiger partial charge in [0.25, 0.3) is 0 Å². The first kappa shape index (κ1) is 14.8. The summed E-state index contributed by atoms with van der Waals surface area (Å²) >= 11 is 0. The molecular weight excluding hydrogens is 246 g/mol. The first-order valence-corrected chi connectivity index (χ1v) is 7.03. The second kappa shape index (κ2) is 6.21. The smallest absolute Gasteiger partial charge is 0.118 e. The van der Waals surface area contributed by atoms with E-state index < -0.39 is 5.60 Å². The van der Waals surface area contributed by atoms with Crippen LogP contribution in [0, 0.1) is 5.92 Å². The topological polar surface area (TPSA) is 23.5 Å². The molecule has 1 atom stereocenters. The molecule has 0 amide bonds. The maximum atomic E-state index is 11.4. The highest BCUT2D eigenvalue weighted by Gasteiger charge is 2.37. The molecule has 0 radical (unpaired) electrons. The molecule has 2 aromatic rings. The molecule has 0 aliphatic rings. The highest BCUT2D eigenvalue weighted by molar-refractivity contribution is 5.36. The maximum absolute atomic E-state index is 11.4. The number of hydrogen-bond donors (Lipinski definition) is 1. The SMILES string of the molecule is CC(CN(C)C)C(O)(c1ccccc1)c1ccccc1. The second-order valence-electron chi connectivity index (χ2n) is 5.66. The Labute approximate surface area is 121 Å². The highest BCUT2D eigenvalue weighted by atomic mass is 16.3. The van der Waals surface area contributed by atoms with Gasteiger partial charge < -0.3 is 10.0 Å². The number of rotatable bonds is 5. The molecule has 2 heteroatoms. The summed E-state index contributed by atoms with van der Waals surface area (Å²) in [5.41, 5.74) is 0.924. The fraction of sp³-hybridized carbons (Fsp3) is 0.333. The summed E-state index contributed by atoms with van der Waals surface area (Å²) in [5, 5.41) is 11.4. The zero-order valence-corrected chi connectivity index (χ0v) is 12.5. The van der Waals surface area contributed by atoms with Crippen LogP contribution >= 0.6 is 0 Å². The van der Waals surface area contributed by atoms with Crippen LogP contribution in [0.5, 0.6) is 0 Å². The molecule has 0 bridgehead atoms. The quantitative estimate of drug-likeness (QED) is 0.901. The molecule has 2 nitrogen and oxygen atoms in total. The van der Waals surface area contributed by atoms with Crippen LogP contribution in [0.25, 0.3) is 0 Å². The Kier molecular flexibility index (Phi) is 4.58. The van der Waals surface area contributed by atoms with E-state index >= 15 is 0 Å². The highest BCUT2D eigenvalue weighted by Crippen LogP contribution is 2.36. The molecule has 1 N–H and O–H groups in total. The standard InChI is InChI=1S/C18H23NO/c1-15(14-19(2)3)18(20,16-10-6-4-7-11-16)17-12-8-5-9-13-17/h4-13,15,20H,14H2,1-3H3. The molecule has 0 saturated heterocycles. The van der Waals surface area contributed by atoms with Crippen LogP contribution in [0.15, 0.2) is 60.7 Å². The largest absolute Gasteiger partial charge is 0.380 e. The van der Waals surface area contributed by atoms with Crippen molar-refractivity contribution in [2.75, 3.05) is 20.6 Å². The summed E-state index contributed by atoms with van der Waals surface area (Å²) in [6, 6.07) is 19.9. The lowest BCUT2D eigenvalue weighted by molar-refractivity contribution is 0.0134. The molecule has 0 saturated carbocycles. The third kappa shape index (κ3) is 2.92. The fourth-order valence-electron chi connectivity index (χ4n) is 2.80. The Hall–Kier alpha value is -1.64. The van der Waals surface area contributed by atoms with E-state index in [-0.39, 0.29) is 5.92 Å². The van der Waals surface area contributed by atoms with E-state index in [0.717, 1.165) is 17.7 Å². The lowest BCUT2D eigenvalue weighted by Crippen LogP contribution is -2.40. The molecule has 0 aliphatic carbocycles. The van der Waals surface area contributed by atoms with Gasteiger partial charge in [-0.3, -0.25) is 0 Å². The molecular formula is C18H23NO. The van der Waals surface area contributed by atoms with Gasteiger partial charge in [-0.1, -0.05) is 67.6 Å². The lowest BCUT2D eigenvalue weighted by Gasteiger charge is -2.36. The Balaban J connectivity index is 2.49. The Morgan fingerprint density at radius 2 is 1.30 bits per heavy atom. The predicted molar refractivity (Wildman–Crippen MR) is 83.6 cm³/mol. The van der Waals surface area contributed by atoms with Crippen LogP contribution in [0.3, 0.4) is 0 Å². The van der Waals surface area contributed by atoms with Crippen LogP contribution in [0.2, 0.25) is 0 Å². The van der Waals surface area contributed by atoms with E-state index in [9.17, 15) is 5.11 Å². The molecule has 20 heavy (non-hydrogen) atoms. The number of nitrogens with zero attached hydrogens (tertiary/aromatic N) is 1. The van der Waals surface area contributed by atoms with Crippen molar-refractivity contribution in [3.05, 3.63) is 71.8 Å². The summed E-state index contributed by atoms with van der Waals surface area (Å²) in [6.45, 7) is 2.92. The van der Waals surface area contributed by atoms with Crippen LogP contribution < -0.4 is 0 Å². The minimum Gasteiger partial charge on any atom is -0.380 e. The van der Waals surface area contributed by atoms with Gasteiger partial charge >= 0.3 is 0 Å². The fourth-order valence-corrected chi connectivity index (χ4v) is 2.80. The van der Waals surface area contributed by atoms with Crippen molar-refractivity contribution in [1.82, 2.24) is 4.90 Å². The third-order valence-electron chi connectivity index (χ3n) is 3.78. The lowest BCUT2D eigenvalue weighted by atomic mass is 9.76. The van der Waals surface area contributed by atoms with Gasteiger partial charge in [0.05, 0.1) is 0 Å².